The molecule has 168 valence electrons. The van der Waals surface area contributed by atoms with Crippen molar-refractivity contribution in [3.63, 3.8) is 0 Å². The summed E-state index contributed by atoms with van der Waals surface area (Å²) in [6.45, 7) is 5.29. The van der Waals surface area contributed by atoms with Gasteiger partial charge in [0.05, 0.1) is 4.90 Å². The molecule has 2 rings (SSSR count). The van der Waals surface area contributed by atoms with Gasteiger partial charge in [-0.15, -0.1) is 0 Å². The van der Waals surface area contributed by atoms with E-state index in [4.69, 9.17) is 21.1 Å². The molecule has 7 nitrogen and oxygen atoms in total. The highest BCUT2D eigenvalue weighted by Gasteiger charge is 2.33. The minimum atomic E-state index is -3.88. The third-order valence-electron chi connectivity index (χ3n) is 5.47. The van der Waals surface area contributed by atoms with Gasteiger partial charge in [0.25, 0.3) is 0 Å². The number of nitrogens with zero attached hydrogens (tertiary/aromatic N) is 1. The zero-order valence-electron chi connectivity index (χ0n) is 17.8. The van der Waals surface area contributed by atoms with E-state index < -0.39 is 35.1 Å². The first kappa shape index (κ1) is 24.6. The lowest BCUT2D eigenvalue weighted by Crippen LogP contribution is -2.37. The third-order valence-corrected chi connectivity index (χ3v) is 7.54. The molecular formula is C21H30ClNO6S. The van der Waals surface area contributed by atoms with Crippen molar-refractivity contribution in [3.8, 4) is 0 Å². The average Bonchev–Trinajstić information content (AvgIpc) is 2.66. The second-order valence-electron chi connectivity index (χ2n) is 8.23. The zero-order chi connectivity index (χ0) is 22.5. The molecule has 1 aromatic carbocycles. The first-order chi connectivity index (χ1) is 14.0. The maximum Gasteiger partial charge on any atom is 0.344 e. The normalized spacial score (nSPS) is 22.2. The zero-order valence-corrected chi connectivity index (χ0v) is 19.4. The van der Waals surface area contributed by atoms with Crippen LogP contribution in [0.4, 0.5) is 0 Å². The van der Waals surface area contributed by atoms with E-state index in [2.05, 4.69) is 20.8 Å². The number of halogens is 1. The van der Waals surface area contributed by atoms with Gasteiger partial charge < -0.3 is 9.47 Å². The molecule has 1 saturated carbocycles. The lowest BCUT2D eigenvalue weighted by molar-refractivity contribution is -0.167. The number of carbonyl (C=O) groups excluding carboxylic acids is 2. The number of ether oxygens (including phenoxy) is 2. The maximum absolute atomic E-state index is 12.5. The van der Waals surface area contributed by atoms with E-state index in [1.807, 2.05) is 0 Å². The smallest absolute Gasteiger partial charge is 0.344 e. The quantitative estimate of drug-likeness (QED) is 0.552. The molecule has 0 bridgehead atoms. The van der Waals surface area contributed by atoms with Crippen LogP contribution < -0.4 is 0 Å². The lowest BCUT2D eigenvalue weighted by Gasteiger charge is -2.36. The first-order valence-electron chi connectivity index (χ1n) is 10.1. The van der Waals surface area contributed by atoms with Gasteiger partial charge in [-0.3, -0.25) is 4.79 Å². The molecule has 0 aliphatic heterocycles. The van der Waals surface area contributed by atoms with Gasteiger partial charge in [-0.2, -0.15) is 4.31 Å². The molecule has 0 heterocycles. The van der Waals surface area contributed by atoms with Crippen molar-refractivity contribution in [1.82, 2.24) is 4.31 Å². The Labute approximate surface area is 183 Å². The van der Waals surface area contributed by atoms with Gasteiger partial charge in [0.1, 0.15) is 12.6 Å². The summed E-state index contributed by atoms with van der Waals surface area (Å²) in [5.74, 6) is -0.283. The molecular weight excluding hydrogens is 430 g/mol. The molecule has 1 aromatic rings. The van der Waals surface area contributed by atoms with Crippen molar-refractivity contribution in [3.05, 3.63) is 29.3 Å². The van der Waals surface area contributed by atoms with Crippen LogP contribution in [0.2, 0.25) is 5.02 Å². The summed E-state index contributed by atoms with van der Waals surface area (Å²) in [6, 6.07) is 5.61. The van der Waals surface area contributed by atoms with E-state index >= 15 is 0 Å². The van der Waals surface area contributed by atoms with Crippen LogP contribution in [-0.4, -0.2) is 51.0 Å². The molecule has 30 heavy (non-hydrogen) atoms. The summed E-state index contributed by atoms with van der Waals surface area (Å²) in [4.78, 5) is 24.2. The summed E-state index contributed by atoms with van der Waals surface area (Å²) >= 11 is 5.77. The van der Waals surface area contributed by atoms with Crippen LogP contribution in [0.3, 0.4) is 0 Å². The largest absolute Gasteiger partial charge is 0.460 e. The Hall–Kier alpha value is -1.64. The number of hydrogen-bond acceptors (Lipinski definition) is 6. The topological polar surface area (TPSA) is 90.0 Å². The summed E-state index contributed by atoms with van der Waals surface area (Å²) in [7, 11) is -2.61. The molecule has 3 atom stereocenters. The van der Waals surface area contributed by atoms with Gasteiger partial charge in [0.2, 0.25) is 10.0 Å². The molecule has 1 fully saturated rings. The Morgan fingerprint density at radius 1 is 1.17 bits per heavy atom. The summed E-state index contributed by atoms with van der Waals surface area (Å²) in [5, 5.41) is 0.404. The van der Waals surface area contributed by atoms with Crippen molar-refractivity contribution in [1.29, 1.82) is 0 Å². The SMILES string of the molecule is CC(C)[C@@H]1CC[C@H](C)C[C@@H]1OC(=O)COC(=O)CN(C)S(=O)(=O)c1ccc(Cl)cc1. The van der Waals surface area contributed by atoms with Crippen molar-refractivity contribution in [2.45, 2.75) is 51.0 Å². The Morgan fingerprint density at radius 2 is 1.80 bits per heavy atom. The molecule has 0 amide bonds. The average molecular weight is 460 g/mol. The van der Waals surface area contributed by atoms with Crippen LogP contribution in [0.1, 0.15) is 40.0 Å². The van der Waals surface area contributed by atoms with E-state index in [0.29, 0.717) is 16.9 Å². The summed E-state index contributed by atoms with van der Waals surface area (Å²) < 4.78 is 36.4. The highest BCUT2D eigenvalue weighted by atomic mass is 35.5. The fraction of sp³-hybridized carbons (Fsp3) is 0.619. The highest BCUT2D eigenvalue weighted by Crippen LogP contribution is 2.35. The van der Waals surface area contributed by atoms with Gasteiger partial charge in [-0.05, 0) is 54.9 Å². The highest BCUT2D eigenvalue weighted by molar-refractivity contribution is 7.89. The molecule has 0 unspecified atom stereocenters. The predicted molar refractivity (Wildman–Crippen MR) is 113 cm³/mol. The molecule has 1 aliphatic carbocycles. The van der Waals surface area contributed by atoms with E-state index in [-0.39, 0.29) is 16.9 Å². The number of benzene rings is 1. The maximum atomic E-state index is 12.5. The fourth-order valence-corrected chi connectivity index (χ4v) is 4.93. The van der Waals surface area contributed by atoms with Crippen molar-refractivity contribution < 1.29 is 27.5 Å². The van der Waals surface area contributed by atoms with Crippen molar-refractivity contribution >= 4 is 33.6 Å². The number of carbonyl (C=O) groups is 2. The van der Waals surface area contributed by atoms with Crippen LogP contribution in [0.15, 0.2) is 29.2 Å². The molecule has 1 aliphatic rings. The monoisotopic (exact) mass is 459 g/mol. The Balaban J connectivity index is 1.86. The van der Waals surface area contributed by atoms with Crippen molar-refractivity contribution in [2.75, 3.05) is 20.2 Å². The van der Waals surface area contributed by atoms with Crippen LogP contribution in [0.25, 0.3) is 0 Å². The number of sulfonamides is 1. The molecule has 0 radical (unpaired) electrons. The molecule has 0 N–H and O–H groups in total. The molecule has 0 spiro atoms. The minimum absolute atomic E-state index is 0.00718. The Morgan fingerprint density at radius 3 is 2.40 bits per heavy atom. The Kier molecular flexibility index (Phi) is 8.70. The summed E-state index contributed by atoms with van der Waals surface area (Å²) in [6.07, 6.45) is 2.72. The second kappa shape index (κ2) is 10.6. The molecule has 0 aromatic heterocycles. The number of rotatable bonds is 8. The number of hydrogen-bond donors (Lipinski definition) is 0. The van der Waals surface area contributed by atoms with Gasteiger partial charge in [0.15, 0.2) is 6.61 Å². The van der Waals surface area contributed by atoms with Gasteiger partial charge in [-0.25, -0.2) is 13.2 Å². The van der Waals surface area contributed by atoms with E-state index in [1.54, 1.807) is 0 Å². The van der Waals surface area contributed by atoms with E-state index in [1.165, 1.54) is 31.3 Å². The summed E-state index contributed by atoms with van der Waals surface area (Å²) in [5.41, 5.74) is 0. The molecule has 0 saturated heterocycles. The van der Waals surface area contributed by atoms with E-state index in [9.17, 15) is 18.0 Å². The minimum Gasteiger partial charge on any atom is -0.460 e. The number of likely N-dealkylation sites (N-methyl/N-ethyl adjacent to an activating group) is 1. The second-order valence-corrected chi connectivity index (χ2v) is 10.7. The van der Waals surface area contributed by atoms with Crippen LogP contribution in [0.5, 0.6) is 0 Å². The van der Waals surface area contributed by atoms with Gasteiger partial charge >= 0.3 is 11.9 Å². The van der Waals surface area contributed by atoms with Gasteiger partial charge in [0, 0.05) is 12.1 Å². The van der Waals surface area contributed by atoms with Crippen LogP contribution in [-0.2, 0) is 29.1 Å². The Bertz CT molecular complexity index is 840. The van der Waals surface area contributed by atoms with E-state index in [0.717, 1.165) is 23.6 Å². The van der Waals surface area contributed by atoms with Crippen molar-refractivity contribution in [2.24, 2.45) is 17.8 Å². The number of esters is 2. The van der Waals surface area contributed by atoms with Gasteiger partial charge in [-0.1, -0.05) is 38.8 Å². The van der Waals surface area contributed by atoms with Crippen LogP contribution >= 0.6 is 11.6 Å². The van der Waals surface area contributed by atoms with Crippen LogP contribution in [0, 0.1) is 17.8 Å². The predicted octanol–water partition coefficient (Wildman–Crippen LogP) is 3.51. The standard InChI is InChI=1S/C21H30ClNO6S/c1-14(2)18-10-5-15(3)11-19(18)29-21(25)13-28-20(24)12-23(4)30(26,27)17-8-6-16(22)7-9-17/h6-9,14-15,18-19H,5,10-13H2,1-4H3/t15-,18-,19-/m0/s1. The first-order valence-corrected chi connectivity index (χ1v) is 11.9. The fourth-order valence-electron chi connectivity index (χ4n) is 3.69. The lowest BCUT2D eigenvalue weighted by atomic mass is 9.75. The molecule has 9 heteroatoms. The third kappa shape index (κ3) is 6.68.